The smallest absolute Gasteiger partial charge is 0.222 e. The first-order valence-corrected chi connectivity index (χ1v) is 6.88. The number of hydrogen-bond donors (Lipinski definition) is 1. The van der Waals surface area contributed by atoms with Crippen LogP contribution in [0.5, 0.6) is 0 Å². The Bertz CT molecular complexity index is 572. The number of carbonyl (C=O) groups excluding carboxylic acids is 1. The number of nitrogens with zero attached hydrogens (tertiary/aromatic N) is 2. The lowest BCUT2D eigenvalue weighted by Crippen LogP contribution is -2.25. The molecule has 2 rings (SSSR count). The van der Waals surface area contributed by atoms with Crippen molar-refractivity contribution in [3.05, 3.63) is 53.3 Å². The molecule has 0 fully saturated rings. The third kappa shape index (κ3) is 3.95. The fourth-order valence-corrected chi connectivity index (χ4v) is 2.02. The Hall–Kier alpha value is -2.10. The molecule has 106 valence electrons. The molecule has 4 nitrogen and oxygen atoms in total. The molecule has 1 heterocycles. The van der Waals surface area contributed by atoms with Gasteiger partial charge in [-0.05, 0) is 32.4 Å². The summed E-state index contributed by atoms with van der Waals surface area (Å²) in [6.45, 7) is 6.57. The molecule has 2 aromatic rings. The summed E-state index contributed by atoms with van der Waals surface area (Å²) in [6.07, 6.45) is 2.35. The number of rotatable bonds is 5. The van der Waals surface area contributed by atoms with E-state index in [1.807, 2.05) is 42.9 Å². The molecule has 0 aliphatic rings. The lowest BCUT2D eigenvalue weighted by atomic mass is 10.1. The van der Waals surface area contributed by atoms with Gasteiger partial charge < -0.3 is 5.32 Å². The molecular formula is C16H21N3O. The largest absolute Gasteiger partial charge is 0.352 e. The van der Waals surface area contributed by atoms with Gasteiger partial charge in [0.05, 0.1) is 11.7 Å². The molecular weight excluding hydrogens is 250 g/mol. The Balaban J connectivity index is 1.82. The van der Waals surface area contributed by atoms with E-state index in [4.69, 9.17) is 0 Å². The van der Waals surface area contributed by atoms with Gasteiger partial charge in [-0.1, -0.05) is 29.8 Å². The lowest BCUT2D eigenvalue weighted by molar-refractivity contribution is -0.122. The van der Waals surface area contributed by atoms with Crippen molar-refractivity contribution in [3.8, 4) is 0 Å². The van der Waals surface area contributed by atoms with E-state index in [9.17, 15) is 4.79 Å². The maximum atomic E-state index is 11.9. The fourth-order valence-electron chi connectivity index (χ4n) is 2.02. The first-order valence-electron chi connectivity index (χ1n) is 6.88. The van der Waals surface area contributed by atoms with E-state index in [1.165, 1.54) is 5.56 Å². The lowest BCUT2D eigenvalue weighted by Gasteiger charge is -2.12. The van der Waals surface area contributed by atoms with Gasteiger partial charge >= 0.3 is 0 Å². The second kappa shape index (κ2) is 6.37. The van der Waals surface area contributed by atoms with Crippen LogP contribution in [0, 0.1) is 13.8 Å². The predicted molar refractivity (Wildman–Crippen MR) is 79.3 cm³/mol. The van der Waals surface area contributed by atoms with Gasteiger partial charge in [0, 0.05) is 19.2 Å². The van der Waals surface area contributed by atoms with Crippen LogP contribution < -0.4 is 5.32 Å². The van der Waals surface area contributed by atoms with Gasteiger partial charge in [-0.25, -0.2) is 0 Å². The number of aryl methyl sites for hydroxylation is 2. The van der Waals surface area contributed by atoms with E-state index in [-0.39, 0.29) is 11.9 Å². The van der Waals surface area contributed by atoms with Crippen LogP contribution in [0.4, 0.5) is 0 Å². The first kappa shape index (κ1) is 14.3. The Morgan fingerprint density at radius 1 is 1.25 bits per heavy atom. The van der Waals surface area contributed by atoms with E-state index >= 15 is 0 Å². The van der Waals surface area contributed by atoms with Crippen LogP contribution in [0.25, 0.3) is 0 Å². The minimum absolute atomic E-state index is 0.0474. The van der Waals surface area contributed by atoms with Gasteiger partial charge in [-0.2, -0.15) is 5.10 Å². The van der Waals surface area contributed by atoms with Crippen molar-refractivity contribution in [2.24, 2.45) is 0 Å². The number of hydrogen-bond acceptors (Lipinski definition) is 2. The van der Waals surface area contributed by atoms with Gasteiger partial charge in [0.1, 0.15) is 0 Å². The van der Waals surface area contributed by atoms with Crippen molar-refractivity contribution in [1.29, 1.82) is 0 Å². The number of aromatic nitrogens is 2. The summed E-state index contributed by atoms with van der Waals surface area (Å²) in [4.78, 5) is 11.9. The van der Waals surface area contributed by atoms with Crippen LogP contribution in [0.1, 0.15) is 36.2 Å². The van der Waals surface area contributed by atoms with Crippen LogP contribution in [0.3, 0.4) is 0 Å². The second-order valence-electron chi connectivity index (χ2n) is 5.25. The molecule has 0 aliphatic carbocycles. The maximum absolute atomic E-state index is 11.9. The first-order chi connectivity index (χ1) is 9.54. The summed E-state index contributed by atoms with van der Waals surface area (Å²) in [5.41, 5.74) is 3.31. The highest BCUT2D eigenvalue weighted by Crippen LogP contribution is 2.10. The van der Waals surface area contributed by atoms with Crippen LogP contribution in [-0.2, 0) is 11.3 Å². The number of amides is 1. The molecule has 1 aromatic heterocycles. The molecule has 1 amide bonds. The number of benzene rings is 1. The Kier molecular flexibility index (Phi) is 4.56. The highest BCUT2D eigenvalue weighted by molar-refractivity contribution is 5.76. The average Bonchev–Trinajstić information content (AvgIpc) is 2.85. The van der Waals surface area contributed by atoms with Crippen LogP contribution in [-0.4, -0.2) is 15.7 Å². The standard InChI is InChI=1S/C16H21N3O/c1-12-4-6-15(7-5-12)11-17-16(20)10-14(3)19-9-8-13(2)18-19/h4-9,14H,10-11H2,1-3H3,(H,17,20)/t14-/m1/s1. The average molecular weight is 271 g/mol. The van der Waals surface area contributed by atoms with Gasteiger partial charge in [0.2, 0.25) is 5.91 Å². The van der Waals surface area contributed by atoms with E-state index in [0.717, 1.165) is 11.3 Å². The zero-order chi connectivity index (χ0) is 14.5. The zero-order valence-corrected chi connectivity index (χ0v) is 12.3. The van der Waals surface area contributed by atoms with E-state index in [1.54, 1.807) is 0 Å². The normalized spacial score (nSPS) is 12.2. The van der Waals surface area contributed by atoms with E-state index < -0.39 is 0 Å². The molecule has 0 bridgehead atoms. The summed E-state index contributed by atoms with van der Waals surface area (Å²) >= 11 is 0. The zero-order valence-electron chi connectivity index (χ0n) is 12.3. The van der Waals surface area contributed by atoms with Gasteiger partial charge in [-0.15, -0.1) is 0 Å². The Morgan fingerprint density at radius 2 is 1.95 bits per heavy atom. The highest BCUT2D eigenvalue weighted by Gasteiger charge is 2.11. The summed E-state index contributed by atoms with van der Waals surface area (Å²) < 4.78 is 1.83. The van der Waals surface area contributed by atoms with Gasteiger partial charge in [0.15, 0.2) is 0 Å². The molecule has 1 aromatic carbocycles. The minimum atomic E-state index is 0.0474. The molecule has 0 aliphatic heterocycles. The molecule has 1 atom stereocenters. The molecule has 0 saturated carbocycles. The summed E-state index contributed by atoms with van der Waals surface area (Å²) in [7, 11) is 0. The van der Waals surface area contributed by atoms with Crippen molar-refractivity contribution < 1.29 is 4.79 Å². The van der Waals surface area contributed by atoms with Crippen LogP contribution in [0.15, 0.2) is 36.5 Å². The summed E-state index contributed by atoms with van der Waals surface area (Å²) in [5.74, 6) is 0.0474. The monoisotopic (exact) mass is 271 g/mol. The van der Waals surface area contributed by atoms with Crippen LogP contribution in [0.2, 0.25) is 0 Å². The highest BCUT2D eigenvalue weighted by atomic mass is 16.1. The van der Waals surface area contributed by atoms with Crippen molar-refractivity contribution in [2.75, 3.05) is 0 Å². The second-order valence-corrected chi connectivity index (χ2v) is 5.25. The molecule has 0 saturated heterocycles. The molecule has 0 spiro atoms. The van der Waals surface area contributed by atoms with E-state index in [2.05, 4.69) is 29.5 Å². The third-order valence-corrected chi connectivity index (χ3v) is 3.28. The topological polar surface area (TPSA) is 46.9 Å². The Morgan fingerprint density at radius 3 is 2.55 bits per heavy atom. The number of nitrogens with one attached hydrogen (secondary N) is 1. The summed E-state index contributed by atoms with van der Waals surface area (Å²) in [6, 6.07) is 10.2. The fraction of sp³-hybridized carbons (Fsp3) is 0.375. The summed E-state index contributed by atoms with van der Waals surface area (Å²) in [5, 5.41) is 7.27. The third-order valence-electron chi connectivity index (χ3n) is 3.28. The Labute approximate surface area is 119 Å². The van der Waals surface area contributed by atoms with Crippen LogP contribution >= 0.6 is 0 Å². The molecule has 1 N–H and O–H groups in total. The van der Waals surface area contributed by atoms with E-state index in [0.29, 0.717) is 13.0 Å². The SMILES string of the molecule is Cc1ccc(CNC(=O)C[C@@H](C)n2ccc(C)n2)cc1. The number of carbonyl (C=O) groups is 1. The van der Waals surface area contributed by atoms with Gasteiger partial charge in [-0.3, -0.25) is 9.48 Å². The maximum Gasteiger partial charge on any atom is 0.222 e. The quantitative estimate of drug-likeness (QED) is 0.909. The molecule has 0 unspecified atom stereocenters. The van der Waals surface area contributed by atoms with Crippen molar-refractivity contribution in [3.63, 3.8) is 0 Å². The van der Waals surface area contributed by atoms with Crippen molar-refractivity contribution >= 4 is 5.91 Å². The van der Waals surface area contributed by atoms with Gasteiger partial charge in [0.25, 0.3) is 0 Å². The molecule has 0 radical (unpaired) electrons. The molecule has 20 heavy (non-hydrogen) atoms. The predicted octanol–water partition coefficient (Wildman–Crippen LogP) is 2.77. The van der Waals surface area contributed by atoms with Crippen molar-refractivity contribution in [1.82, 2.24) is 15.1 Å². The molecule has 4 heteroatoms. The van der Waals surface area contributed by atoms with Crippen molar-refractivity contribution in [2.45, 2.75) is 39.8 Å². The minimum Gasteiger partial charge on any atom is -0.352 e.